The van der Waals surface area contributed by atoms with E-state index < -0.39 is 11.9 Å². The van der Waals surface area contributed by atoms with Crippen LogP contribution in [-0.2, 0) is 14.3 Å². The summed E-state index contributed by atoms with van der Waals surface area (Å²) in [4.78, 5) is 21.2. The second-order valence-corrected chi connectivity index (χ2v) is 2.12. The SMILES string of the molecule is CCC=CC1=CC(=O)OC1=O. The predicted molar refractivity (Wildman–Crippen MR) is 38.6 cm³/mol. The molecular weight excluding hydrogens is 144 g/mol. The van der Waals surface area contributed by atoms with E-state index in [0.29, 0.717) is 5.57 Å². The molecule has 0 aromatic heterocycles. The first-order valence-corrected chi connectivity index (χ1v) is 3.38. The maximum atomic E-state index is 10.7. The molecule has 0 aliphatic carbocycles. The highest BCUT2D eigenvalue weighted by molar-refractivity contribution is 6.10. The Hall–Kier alpha value is -1.38. The van der Waals surface area contributed by atoms with Gasteiger partial charge in [0.1, 0.15) is 0 Å². The average molecular weight is 152 g/mol. The van der Waals surface area contributed by atoms with Gasteiger partial charge in [-0.1, -0.05) is 19.1 Å². The summed E-state index contributed by atoms with van der Waals surface area (Å²) in [6.07, 6.45) is 5.41. The van der Waals surface area contributed by atoms with Crippen molar-refractivity contribution in [3.05, 3.63) is 23.8 Å². The second kappa shape index (κ2) is 3.14. The van der Waals surface area contributed by atoms with Crippen LogP contribution in [0.4, 0.5) is 0 Å². The zero-order valence-electron chi connectivity index (χ0n) is 6.16. The number of hydrogen-bond donors (Lipinski definition) is 0. The highest BCUT2D eigenvalue weighted by atomic mass is 16.6. The lowest BCUT2D eigenvalue weighted by Gasteiger charge is -1.87. The van der Waals surface area contributed by atoms with Crippen LogP contribution in [0.15, 0.2) is 23.8 Å². The van der Waals surface area contributed by atoms with Gasteiger partial charge in [-0.05, 0) is 6.42 Å². The molecule has 0 unspecified atom stereocenters. The lowest BCUT2D eigenvalue weighted by Crippen LogP contribution is -2.00. The summed E-state index contributed by atoms with van der Waals surface area (Å²) >= 11 is 0. The maximum Gasteiger partial charge on any atom is 0.346 e. The van der Waals surface area contributed by atoms with Gasteiger partial charge in [0, 0.05) is 6.08 Å². The van der Waals surface area contributed by atoms with E-state index in [4.69, 9.17) is 0 Å². The van der Waals surface area contributed by atoms with Crippen molar-refractivity contribution in [1.82, 2.24) is 0 Å². The summed E-state index contributed by atoms with van der Waals surface area (Å²) in [7, 11) is 0. The van der Waals surface area contributed by atoms with Gasteiger partial charge < -0.3 is 4.74 Å². The molecule has 0 bridgehead atoms. The van der Waals surface area contributed by atoms with Crippen molar-refractivity contribution in [3.8, 4) is 0 Å². The first-order valence-electron chi connectivity index (χ1n) is 3.38. The highest BCUT2D eigenvalue weighted by Crippen LogP contribution is 2.09. The summed E-state index contributed by atoms with van der Waals surface area (Å²) < 4.78 is 4.25. The van der Waals surface area contributed by atoms with Crippen LogP contribution in [0.25, 0.3) is 0 Å². The van der Waals surface area contributed by atoms with Gasteiger partial charge in [0.2, 0.25) is 0 Å². The third-order valence-electron chi connectivity index (χ3n) is 1.24. The third kappa shape index (κ3) is 1.77. The van der Waals surface area contributed by atoms with Crippen LogP contribution in [0.5, 0.6) is 0 Å². The Morgan fingerprint density at radius 3 is 2.73 bits per heavy atom. The van der Waals surface area contributed by atoms with Crippen LogP contribution >= 0.6 is 0 Å². The van der Waals surface area contributed by atoms with Gasteiger partial charge in [0.25, 0.3) is 0 Å². The average Bonchev–Trinajstić information content (AvgIpc) is 2.26. The fourth-order valence-corrected chi connectivity index (χ4v) is 0.727. The first-order chi connectivity index (χ1) is 5.24. The monoisotopic (exact) mass is 152 g/mol. The molecule has 3 heteroatoms. The molecular formula is C8H8O3. The quantitative estimate of drug-likeness (QED) is 0.437. The molecule has 0 fully saturated rings. The smallest absolute Gasteiger partial charge is 0.346 e. The topological polar surface area (TPSA) is 43.4 Å². The van der Waals surface area contributed by atoms with Crippen molar-refractivity contribution in [2.24, 2.45) is 0 Å². The van der Waals surface area contributed by atoms with E-state index in [9.17, 15) is 9.59 Å². The molecule has 0 aromatic carbocycles. The molecule has 0 atom stereocenters. The number of carbonyl (C=O) groups is 2. The summed E-state index contributed by atoms with van der Waals surface area (Å²) in [6.45, 7) is 1.94. The summed E-state index contributed by atoms with van der Waals surface area (Å²) in [5.74, 6) is -1.13. The minimum atomic E-state index is -0.578. The lowest BCUT2D eigenvalue weighted by molar-refractivity contribution is -0.150. The predicted octanol–water partition coefficient (Wildman–Crippen LogP) is 0.962. The molecule has 1 aliphatic rings. The summed E-state index contributed by atoms with van der Waals surface area (Å²) in [5, 5.41) is 0. The zero-order chi connectivity index (χ0) is 8.27. The Kier molecular flexibility index (Phi) is 2.21. The van der Waals surface area contributed by atoms with Crippen molar-refractivity contribution in [3.63, 3.8) is 0 Å². The minimum absolute atomic E-state index is 0.330. The van der Waals surface area contributed by atoms with Crippen molar-refractivity contribution in [2.75, 3.05) is 0 Å². The fourth-order valence-electron chi connectivity index (χ4n) is 0.727. The molecule has 3 nitrogen and oxygen atoms in total. The number of rotatable bonds is 2. The number of hydrogen-bond acceptors (Lipinski definition) is 3. The molecule has 58 valence electrons. The molecule has 11 heavy (non-hydrogen) atoms. The van der Waals surface area contributed by atoms with Gasteiger partial charge in [0.15, 0.2) is 0 Å². The van der Waals surface area contributed by atoms with Gasteiger partial charge in [0.05, 0.1) is 5.57 Å². The van der Waals surface area contributed by atoms with Gasteiger partial charge in [-0.3, -0.25) is 0 Å². The van der Waals surface area contributed by atoms with E-state index in [-0.39, 0.29) is 0 Å². The van der Waals surface area contributed by atoms with E-state index in [1.165, 1.54) is 6.08 Å². The van der Waals surface area contributed by atoms with Crippen LogP contribution in [0.2, 0.25) is 0 Å². The van der Waals surface area contributed by atoms with Crippen LogP contribution in [-0.4, -0.2) is 11.9 Å². The molecule has 0 amide bonds. The zero-order valence-corrected chi connectivity index (χ0v) is 6.16. The molecule has 1 rings (SSSR count). The van der Waals surface area contributed by atoms with E-state index in [2.05, 4.69) is 4.74 Å². The Bertz CT molecular complexity index is 248. The normalized spacial score (nSPS) is 17.4. The molecule has 0 N–H and O–H groups in total. The van der Waals surface area contributed by atoms with Crippen molar-refractivity contribution >= 4 is 11.9 Å². The molecule has 0 radical (unpaired) electrons. The van der Waals surface area contributed by atoms with E-state index >= 15 is 0 Å². The number of ether oxygens (including phenoxy) is 1. The van der Waals surface area contributed by atoms with Gasteiger partial charge in [-0.2, -0.15) is 0 Å². The van der Waals surface area contributed by atoms with Crippen molar-refractivity contribution < 1.29 is 14.3 Å². The standard InChI is InChI=1S/C8H8O3/c1-2-3-4-6-5-7(9)11-8(6)10/h3-5H,2H2,1H3. The Balaban J connectivity index is 2.72. The molecule has 0 saturated carbocycles. The molecule has 1 heterocycles. The van der Waals surface area contributed by atoms with Crippen LogP contribution in [0.3, 0.4) is 0 Å². The van der Waals surface area contributed by atoms with Crippen molar-refractivity contribution in [1.29, 1.82) is 0 Å². The van der Waals surface area contributed by atoms with E-state index in [0.717, 1.165) is 6.42 Å². The summed E-state index contributed by atoms with van der Waals surface area (Å²) in [6, 6.07) is 0. The van der Waals surface area contributed by atoms with E-state index in [1.54, 1.807) is 12.2 Å². The van der Waals surface area contributed by atoms with Crippen LogP contribution < -0.4 is 0 Å². The molecule has 1 aliphatic heterocycles. The fraction of sp³-hybridized carbons (Fsp3) is 0.250. The number of carbonyl (C=O) groups excluding carboxylic acids is 2. The second-order valence-electron chi connectivity index (χ2n) is 2.12. The highest BCUT2D eigenvalue weighted by Gasteiger charge is 2.20. The first kappa shape index (κ1) is 7.72. The van der Waals surface area contributed by atoms with Crippen molar-refractivity contribution in [2.45, 2.75) is 13.3 Å². The number of allylic oxidation sites excluding steroid dienone is 1. The minimum Gasteiger partial charge on any atom is -0.386 e. The summed E-state index contributed by atoms with van der Waals surface area (Å²) in [5.41, 5.74) is 0.330. The third-order valence-corrected chi connectivity index (χ3v) is 1.24. The van der Waals surface area contributed by atoms with Gasteiger partial charge in [-0.25, -0.2) is 9.59 Å². The maximum absolute atomic E-state index is 10.7. The Morgan fingerprint density at radius 1 is 1.55 bits per heavy atom. The van der Waals surface area contributed by atoms with Gasteiger partial charge in [-0.15, -0.1) is 0 Å². The van der Waals surface area contributed by atoms with Crippen LogP contribution in [0.1, 0.15) is 13.3 Å². The molecule has 0 spiro atoms. The molecule has 0 saturated heterocycles. The van der Waals surface area contributed by atoms with Crippen LogP contribution in [0, 0.1) is 0 Å². The number of cyclic esters (lactones) is 2. The largest absolute Gasteiger partial charge is 0.386 e. The number of esters is 2. The lowest BCUT2D eigenvalue weighted by atomic mass is 10.2. The Morgan fingerprint density at radius 2 is 2.27 bits per heavy atom. The molecule has 0 aromatic rings. The van der Waals surface area contributed by atoms with E-state index in [1.807, 2.05) is 6.92 Å². The Labute approximate surface area is 64.3 Å². The van der Waals surface area contributed by atoms with Gasteiger partial charge >= 0.3 is 11.9 Å².